The fourth-order valence-electron chi connectivity index (χ4n) is 3.07. The number of carbonyl (C=O) groups excluding carboxylic acids is 1. The van der Waals surface area contributed by atoms with Crippen molar-refractivity contribution >= 4 is 21.7 Å². The third-order valence-corrected chi connectivity index (χ3v) is 7.46. The van der Waals surface area contributed by atoms with Crippen molar-refractivity contribution in [2.24, 2.45) is 5.92 Å². The Morgan fingerprint density at radius 2 is 1.73 bits per heavy atom. The van der Waals surface area contributed by atoms with Gasteiger partial charge in [0, 0.05) is 13.1 Å². The van der Waals surface area contributed by atoms with E-state index in [-0.39, 0.29) is 5.91 Å². The van der Waals surface area contributed by atoms with Crippen LogP contribution in [-0.4, -0.2) is 53.9 Å². The topological polar surface area (TPSA) is 91.8 Å². The number of aromatic carboxylic acids is 1. The zero-order valence-corrected chi connectivity index (χ0v) is 16.4. The van der Waals surface area contributed by atoms with Crippen LogP contribution in [0, 0.1) is 5.92 Å². The summed E-state index contributed by atoms with van der Waals surface area (Å²) in [4.78, 5) is 25.3. The number of piperidine rings is 1. The Morgan fingerprint density at radius 3 is 2.27 bits per heavy atom. The van der Waals surface area contributed by atoms with E-state index in [1.165, 1.54) is 0 Å². The predicted octanol–water partition coefficient (Wildman–Crippen LogP) is 2.38. The molecule has 7 heteroatoms. The summed E-state index contributed by atoms with van der Waals surface area (Å²) in [5, 5.41) is 9.27. The Kier molecular flexibility index (Phi) is 6.11. The number of carboxylic acids is 1. The van der Waals surface area contributed by atoms with E-state index in [1.807, 2.05) is 12.1 Å². The number of hydrogen-bond acceptors (Lipinski definition) is 4. The molecular formula is C19H27NO5S. The van der Waals surface area contributed by atoms with Gasteiger partial charge in [-0.25, -0.2) is 13.2 Å². The summed E-state index contributed by atoms with van der Waals surface area (Å²) in [7, 11) is -3.48. The quantitative estimate of drug-likeness (QED) is 0.845. The van der Waals surface area contributed by atoms with Crippen molar-refractivity contribution in [1.82, 2.24) is 4.90 Å². The van der Waals surface area contributed by atoms with Gasteiger partial charge < -0.3 is 10.0 Å². The summed E-state index contributed by atoms with van der Waals surface area (Å²) in [6.45, 7) is 5.82. The Morgan fingerprint density at radius 1 is 1.15 bits per heavy atom. The van der Waals surface area contributed by atoms with Crippen LogP contribution in [0.5, 0.6) is 0 Å². The Labute approximate surface area is 155 Å². The molecule has 0 aliphatic carbocycles. The van der Waals surface area contributed by atoms with Gasteiger partial charge in [0.25, 0.3) is 0 Å². The van der Waals surface area contributed by atoms with Crippen LogP contribution in [0.25, 0.3) is 0 Å². The van der Waals surface area contributed by atoms with Crippen LogP contribution in [0.2, 0.25) is 0 Å². The van der Waals surface area contributed by atoms with E-state index in [1.54, 1.807) is 37.8 Å². The molecular weight excluding hydrogens is 354 g/mol. The smallest absolute Gasteiger partial charge is 0.335 e. The third kappa shape index (κ3) is 4.84. The monoisotopic (exact) mass is 381 g/mol. The van der Waals surface area contributed by atoms with Gasteiger partial charge in [0.15, 0.2) is 9.84 Å². The van der Waals surface area contributed by atoms with Crippen LogP contribution in [0.3, 0.4) is 0 Å². The Hall–Kier alpha value is -1.89. The van der Waals surface area contributed by atoms with Gasteiger partial charge in [0.1, 0.15) is 5.75 Å². The number of carboxylic acid groups (broad SMARTS) is 1. The summed E-state index contributed by atoms with van der Waals surface area (Å²) in [5.74, 6) is -1.44. The van der Waals surface area contributed by atoms with E-state index < -0.39 is 26.3 Å². The summed E-state index contributed by atoms with van der Waals surface area (Å²) in [6.07, 6.45) is 2.15. The molecule has 0 spiro atoms. The second-order valence-electron chi connectivity index (χ2n) is 7.86. The lowest BCUT2D eigenvalue weighted by Gasteiger charge is -2.33. The highest BCUT2D eigenvalue weighted by molar-refractivity contribution is 7.93. The first-order chi connectivity index (χ1) is 12.0. The molecule has 1 aliphatic heterocycles. The summed E-state index contributed by atoms with van der Waals surface area (Å²) < 4.78 is 23.5. The number of nitrogens with zero attached hydrogens (tertiary/aromatic N) is 1. The average Bonchev–Trinajstić information content (AvgIpc) is 2.54. The maximum atomic E-state index is 12.3. The summed E-state index contributed by atoms with van der Waals surface area (Å²) >= 11 is 0. The van der Waals surface area contributed by atoms with Crippen molar-refractivity contribution in [2.45, 2.75) is 44.8 Å². The lowest BCUT2D eigenvalue weighted by Crippen LogP contribution is -2.44. The summed E-state index contributed by atoms with van der Waals surface area (Å²) in [6, 6.07) is 6.98. The molecule has 1 fully saturated rings. The number of sulfone groups is 1. The SMILES string of the molecule is CC(C)(C)S(=O)(=O)CC(=O)N1CCC(Cc2ccccc2C(=O)O)CC1. The molecule has 6 nitrogen and oxygen atoms in total. The highest BCUT2D eigenvalue weighted by Crippen LogP contribution is 2.24. The first kappa shape index (κ1) is 20.4. The lowest BCUT2D eigenvalue weighted by molar-refractivity contribution is -0.129. The molecule has 0 bridgehead atoms. The van der Waals surface area contributed by atoms with E-state index in [0.717, 1.165) is 18.4 Å². The number of hydrogen-bond donors (Lipinski definition) is 1. The van der Waals surface area contributed by atoms with E-state index >= 15 is 0 Å². The molecule has 1 aliphatic rings. The van der Waals surface area contributed by atoms with Crippen molar-refractivity contribution in [3.63, 3.8) is 0 Å². The molecule has 1 amide bonds. The molecule has 1 aromatic carbocycles. The van der Waals surface area contributed by atoms with Gasteiger partial charge in [-0.3, -0.25) is 4.79 Å². The Bertz CT molecular complexity index is 771. The minimum Gasteiger partial charge on any atom is -0.478 e. The number of carbonyl (C=O) groups is 2. The van der Waals surface area contributed by atoms with Crippen molar-refractivity contribution in [3.05, 3.63) is 35.4 Å². The van der Waals surface area contributed by atoms with Crippen molar-refractivity contribution in [3.8, 4) is 0 Å². The first-order valence-corrected chi connectivity index (χ1v) is 10.5. The lowest BCUT2D eigenvalue weighted by atomic mass is 9.88. The Balaban J connectivity index is 1.94. The van der Waals surface area contributed by atoms with Gasteiger partial charge in [0.2, 0.25) is 5.91 Å². The zero-order valence-electron chi connectivity index (χ0n) is 15.6. The largest absolute Gasteiger partial charge is 0.478 e. The number of rotatable bonds is 5. The maximum Gasteiger partial charge on any atom is 0.335 e. The molecule has 2 rings (SSSR count). The molecule has 0 saturated carbocycles. The zero-order chi connectivity index (χ0) is 19.5. The van der Waals surface area contributed by atoms with Crippen LogP contribution in [0.4, 0.5) is 0 Å². The van der Waals surface area contributed by atoms with Crippen LogP contribution < -0.4 is 0 Å². The fourth-order valence-corrected chi connectivity index (χ4v) is 4.02. The minimum absolute atomic E-state index is 0.291. The molecule has 26 heavy (non-hydrogen) atoms. The molecule has 0 aromatic heterocycles. The maximum absolute atomic E-state index is 12.3. The normalized spacial score (nSPS) is 16.5. The van der Waals surface area contributed by atoms with Crippen LogP contribution in [0.15, 0.2) is 24.3 Å². The number of amides is 1. The van der Waals surface area contributed by atoms with Crippen LogP contribution >= 0.6 is 0 Å². The molecule has 0 unspecified atom stereocenters. The van der Waals surface area contributed by atoms with E-state index in [4.69, 9.17) is 0 Å². The van der Waals surface area contributed by atoms with E-state index in [0.29, 0.717) is 31.0 Å². The molecule has 0 atom stereocenters. The molecule has 0 radical (unpaired) electrons. The molecule has 1 heterocycles. The predicted molar refractivity (Wildman–Crippen MR) is 99.9 cm³/mol. The van der Waals surface area contributed by atoms with Crippen LogP contribution in [0.1, 0.15) is 49.5 Å². The van der Waals surface area contributed by atoms with Gasteiger partial charge in [-0.2, -0.15) is 0 Å². The van der Waals surface area contributed by atoms with E-state index in [9.17, 15) is 23.1 Å². The third-order valence-electron chi connectivity index (χ3n) is 4.97. The number of likely N-dealkylation sites (tertiary alicyclic amines) is 1. The van der Waals surface area contributed by atoms with Gasteiger partial charge in [-0.15, -0.1) is 0 Å². The summed E-state index contributed by atoms with van der Waals surface area (Å²) in [5.41, 5.74) is 1.13. The standard InChI is InChI=1S/C19H27NO5S/c1-19(2,3)26(24,25)13-17(21)20-10-8-14(9-11-20)12-15-6-4-5-7-16(15)18(22)23/h4-7,14H,8-13H2,1-3H3,(H,22,23). The highest BCUT2D eigenvalue weighted by Gasteiger charge is 2.34. The van der Waals surface area contributed by atoms with Gasteiger partial charge in [0.05, 0.1) is 10.3 Å². The highest BCUT2D eigenvalue weighted by atomic mass is 32.2. The van der Waals surface area contributed by atoms with Gasteiger partial charge in [-0.05, 0) is 57.6 Å². The molecule has 1 aromatic rings. The first-order valence-electron chi connectivity index (χ1n) is 8.82. The fraction of sp³-hybridized carbons (Fsp3) is 0.579. The van der Waals surface area contributed by atoms with E-state index in [2.05, 4.69) is 0 Å². The van der Waals surface area contributed by atoms with Crippen molar-refractivity contribution in [2.75, 3.05) is 18.8 Å². The van der Waals surface area contributed by atoms with Gasteiger partial charge in [-0.1, -0.05) is 18.2 Å². The second kappa shape index (κ2) is 7.78. The molecule has 144 valence electrons. The van der Waals surface area contributed by atoms with Crippen LogP contribution in [-0.2, 0) is 21.1 Å². The average molecular weight is 381 g/mol. The second-order valence-corrected chi connectivity index (χ2v) is 10.6. The van der Waals surface area contributed by atoms with Gasteiger partial charge >= 0.3 is 5.97 Å². The number of benzene rings is 1. The van der Waals surface area contributed by atoms with Crippen molar-refractivity contribution < 1.29 is 23.1 Å². The molecule has 1 N–H and O–H groups in total. The van der Waals surface area contributed by atoms with Crippen molar-refractivity contribution in [1.29, 1.82) is 0 Å². The minimum atomic E-state index is -3.48. The molecule has 1 saturated heterocycles.